The molecule has 0 heterocycles. The highest BCUT2D eigenvalue weighted by atomic mass is 16.4. The molecule has 0 radical (unpaired) electrons. The van der Waals surface area contributed by atoms with E-state index in [4.69, 9.17) is 0 Å². The Morgan fingerprint density at radius 2 is 1.67 bits per heavy atom. The Bertz CT molecular complexity index is 593. The summed E-state index contributed by atoms with van der Waals surface area (Å²) in [6, 6.07) is 19.5. The Kier molecular flexibility index (Phi) is 5.16. The molecule has 3 heteroatoms. The summed E-state index contributed by atoms with van der Waals surface area (Å²) in [4.78, 5) is 12.6. The maximum Gasteiger partial charge on any atom is 0.407 e. The van der Waals surface area contributed by atoms with E-state index in [2.05, 4.69) is 0 Å². The van der Waals surface area contributed by atoms with Crippen LogP contribution in [0.5, 0.6) is 0 Å². The molecule has 1 amide bonds. The summed E-state index contributed by atoms with van der Waals surface area (Å²) < 4.78 is 0. The molecule has 0 saturated carbocycles. The molecule has 2 aromatic carbocycles. The number of amides is 1. The van der Waals surface area contributed by atoms with Crippen molar-refractivity contribution in [1.29, 1.82) is 0 Å². The Morgan fingerprint density at radius 1 is 1.10 bits per heavy atom. The van der Waals surface area contributed by atoms with Gasteiger partial charge in [-0.3, -0.25) is 0 Å². The number of carboxylic acid groups (broad SMARTS) is 1. The molecule has 1 N–H and O–H groups in total. The van der Waals surface area contributed by atoms with Gasteiger partial charge in [0.1, 0.15) is 0 Å². The van der Waals surface area contributed by atoms with Crippen LogP contribution in [0.4, 0.5) is 4.79 Å². The van der Waals surface area contributed by atoms with Crippen molar-refractivity contribution in [1.82, 2.24) is 4.90 Å². The number of hydrogen-bond acceptors (Lipinski definition) is 1. The normalized spacial score (nSPS) is 12.2. The van der Waals surface area contributed by atoms with Gasteiger partial charge in [-0.2, -0.15) is 0 Å². The summed E-state index contributed by atoms with van der Waals surface area (Å²) >= 11 is 0. The largest absolute Gasteiger partial charge is 0.465 e. The fraction of sp³-hybridized carbons (Fsp3) is 0.167. The van der Waals surface area contributed by atoms with Crippen LogP contribution in [0.25, 0.3) is 6.08 Å². The molecule has 0 spiro atoms. The zero-order chi connectivity index (χ0) is 15.1. The fourth-order valence-electron chi connectivity index (χ4n) is 2.22. The summed E-state index contributed by atoms with van der Waals surface area (Å²) in [7, 11) is 1.61. The van der Waals surface area contributed by atoms with Crippen LogP contribution in [-0.4, -0.2) is 23.1 Å². The number of nitrogens with zero attached hydrogens (tertiary/aromatic N) is 1. The smallest absolute Gasteiger partial charge is 0.407 e. The van der Waals surface area contributed by atoms with E-state index in [0.717, 1.165) is 11.1 Å². The molecule has 3 nitrogen and oxygen atoms in total. The van der Waals surface area contributed by atoms with Crippen molar-refractivity contribution in [3.63, 3.8) is 0 Å². The maximum absolute atomic E-state index is 11.2. The van der Waals surface area contributed by atoms with Crippen molar-refractivity contribution in [3.05, 3.63) is 77.9 Å². The van der Waals surface area contributed by atoms with Crippen molar-refractivity contribution in [2.75, 3.05) is 7.05 Å². The van der Waals surface area contributed by atoms with Gasteiger partial charge in [-0.05, 0) is 17.5 Å². The van der Waals surface area contributed by atoms with Crippen molar-refractivity contribution in [2.45, 2.75) is 12.5 Å². The molecule has 0 fully saturated rings. The Labute approximate surface area is 125 Å². The lowest BCUT2D eigenvalue weighted by atomic mass is 10.0. The fourth-order valence-corrected chi connectivity index (χ4v) is 2.22. The van der Waals surface area contributed by atoms with Gasteiger partial charge in [0.15, 0.2) is 0 Å². The summed E-state index contributed by atoms with van der Waals surface area (Å²) in [5, 5.41) is 9.23. The highest BCUT2D eigenvalue weighted by molar-refractivity contribution is 5.65. The quantitative estimate of drug-likeness (QED) is 0.880. The minimum absolute atomic E-state index is 0.177. The Hall–Kier alpha value is -2.55. The van der Waals surface area contributed by atoms with E-state index in [1.165, 1.54) is 4.90 Å². The first kappa shape index (κ1) is 14.9. The van der Waals surface area contributed by atoms with E-state index in [-0.39, 0.29) is 6.04 Å². The van der Waals surface area contributed by atoms with E-state index in [1.807, 2.05) is 72.8 Å². The lowest BCUT2D eigenvalue weighted by molar-refractivity contribution is 0.138. The van der Waals surface area contributed by atoms with Crippen LogP contribution in [0.1, 0.15) is 23.6 Å². The van der Waals surface area contributed by atoms with Crippen LogP contribution in [-0.2, 0) is 0 Å². The van der Waals surface area contributed by atoms with Crippen LogP contribution < -0.4 is 0 Å². The predicted molar refractivity (Wildman–Crippen MR) is 85.1 cm³/mol. The van der Waals surface area contributed by atoms with Crippen LogP contribution in [0, 0.1) is 0 Å². The minimum atomic E-state index is -0.919. The van der Waals surface area contributed by atoms with Crippen molar-refractivity contribution >= 4 is 12.2 Å². The van der Waals surface area contributed by atoms with Gasteiger partial charge in [0.2, 0.25) is 0 Å². The van der Waals surface area contributed by atoms with Gasteiger partial charge in [0, 0.05) is 7.05 Å². The third-order valence-corrected chi connectivity index (χ3v) is 3.42. The van der Waals surface area contributed by atoms with Gasteiger partial charge in [0.25, 0.3) is 0 Å². The first-order valence-electron chi connectivity index (χ1n) is 6.91. The second kappa shape index (κ2) is 7.29. The Balaban J connectivity index is 2.13. The van der Waals surface area contributed by atoms with Crippen molar-refractivity contribution < 1.29 is 9.90 Å². The number of hydrogen-bond donors (Lipinski definition) is 1. The van der Waals surface area contributed by atoms with Crippen LogP contribution >= 0.6 is 0 Å². The molecule has 1 unspecified atom stereocenters. The molecule has 0 bridgehead atoms. The summed E-state index contributed by atoms with van der Waals surface area (Å²) in [5.41, 5.74) is 2.11. The SMILES string of the molecule is CN(C(=O)O)C(CC=Cc1ccccc1)c1ccccc1. The lowest BCUT2D eigenvalue weighted by Gasteiger charge is -2.25. The summed E-state index contributed by atoms with van der Waals surface area (Å²) in [5.74, 6) is 0. The average Bonchev–Trinajstić information content (AvgIpc) is 2.53. The zero-order valence-corrected chi connectivity index (χ0v) is 12.0. The molecular weight excluding hydrogens is 262 g/mol. The zero-order valence-electron chi connectivity index (χ0n) is 12.0. The van der Waals surface area contributed by atoms with Crippen LogP contribution in [0.3, 0.4) is 0 Å². The van der Waals surface area contributed by atoms with Crippen LogP contribution in [0.15, 0.2) is 66.7 Å². The van der Waals surface area contributed by atoms with Gasteiger partial charge in [-0.15, -0.1) is 0 Å². The molecular formula is C18H19NO2. The molecule has 0 aliphatic carbocycles. The number of rotatable bonds is 5. The lowest BCUT2D eigenvalue weighted by Crippen LogP contribution is -2.29. The monoisotopic (exact) mass is 281 g/mol. The maximum atomic E-state index is 11.2. The summed E-state index contributed by atoms with van der Waals surface area (Å²) in [6.07, 6.45) is 3.76. The molecule has 0 saturated heterocycles. The molecule has 2 aromatic rings. The molecule has 0 aliphatic heterocycles. The standard InChI is InChI=1S/C18H19NO2/c1-19(18(20)21)17(16-12-6-3-7-13-16)14-8-11-15-9-4-2-5-10-15/h2-13,17H,14H2,1H3,(H,20,21). The van der Waals surface area contributed by atoms with E-state index in [1.54, 1.807) is 7.05 Å². The molecule has 2 rings (SSSR count). The molecule has 1 atom stereocenters. The van der Waals surface area contributed by atoms with Gasteiger partial charge in [-0.1, -0.05) is 72.8 Å². The average molecular weight is 281 g/mol. The highest BCUT2D eigenvalue weighted by Crippen LogP contribution is 2.24. The van der Waals surface area contributed by atoms with Gasteiger partial charge < -0.3 is 10.0 Å². The third kappa shape index (κ3) is 4.21. The molecule has 0 aromatic heterocycles. The highest BCUT2D eigenvalue weighted by Gasteiger charge is 2.19. The number of carbonyl (C=O) groups is 1. The predicted octanol–water partition coefficient (Wildman–Crippen LogP) is 4.44. The van der Waals surface area contributed by atoms with E-state index < -0.39 is 6.09 Å². The second-order valence-electron chi connectivity index (χ2n) is 4.87. The first-order chi connectivity index (χ1) is 10.2. The van der Waals surface area contributed by atoms with Crippen LogP contribution in [0.2, 0.25) is 0 Å². The molecule has 108 valence electrons. The van der Waals surface area contributed by atoms with Gasteiger partial charge >= 0.3 is 6.09 Å². The third-order valence-electron chi connectivity index (χ3n) is 3.42. The van der Waals surface area contributed by atoms with Gasteiger partial charge in [-0.25, -0.2) is 4.79 Å². The van der Waals surface area contributed by atoms with E-state index >= 15 is 0 Å². The minimum Gasteiger partial charge on any atom is -0.465 e. The Morgan fingerprint density at radius 3 is 2.24 bits per heavy atom. The second-order valence-corrected chi connectivity index (χ2v) is 4.87. The molecule has 21 heavy (non-hydrogen) atoms. The summed E-state index contributed by atoms with van der Waals surface area (Å²) in [6.45, 7) is 0. The van der Waals surface area contributed by atoms with Crippen molar-refractivity contribution in [2.24, 2.45) is 0 Å². The topological polar surface area (TPSA) is 40.5 Å². The first-order valence-corrected chi connectivity index (χ1v) is 6.91. The van der Waals surface area contributed by atoms with Crippen molar-refractivity contribution in [3.8, 4) is 0 Å². The van der Waals surface area contributed by atoms with E-state index in [9.17, 15) is 9.90 Å². The van der Waals surface area contributed by atoms with E-state index in [0.29, 0.717) is 6.42 Å². The number of benzene rings is 2. The van der Waals surface area contributed by atoms with Gasteiger partial charge in [0.05, 0.1) is 6.04 Å². The molecule has 0 aliphatic rings.